The summed E-state index contributed by atoms with van der Waals surface area (Å²) in [5, 5.41) is 2.10. The minimum absolute atomic E-state index is 0.106. The van der Waals surface area contributed by atoms with Gasteiger partial charge in [0.2, 0.25) is 6.79 Å². The first-order valence-corrected chi connectivity index (χ1v) is 6.50. The lowest BCUT2D eigenvalue weighted by molar-refractivity contribution is -0.118. The first kappa shape index (κ1) is 15.0. The second kappa shape index (κ2) is 6.07. The van der Waals surface area contributed by atoms with E-state index in [4.69, 9.17) is 14.2 Å². The summed E-state index contributed by atoms with van der Waals surface area (Å²) in [6.07, 6.45) is 0. The molecule has 2 aromatic rings. The number of halogens is 3. The van der Waals surface area contributed by atoms with E-state index in [9.17, 15) is 18.0 Å². The molecule has 1 N–H and O–H groups in total. The van der Waals surface area contributed by atoms with Crippen molar-refractivity contribution >= 4 is 11.6 Å². The van der Waals surface area contributed by atoms with Crippen molar-refractivity contribution in [2.45, 2.75) is 0 Å². The van der Waals surface area contributed by atoms with E-state index in [1.165, 1.54) is 6.07 Å². The van der Waals surface area contributed by atoms with Gasteiger partial charge in [-0.05, 0) is 24.3 Å². The largest absolute Gasteiger partial charge is 0.484 e. The maximum Gasteiger partial charge on any atom is 0.262 e. The van der Waals surface area contributed by atoms with Crippen LogP contribution in [0.1, 0.15) is 0 Å². The summed E-state index contributed by atoms with van der Waals surface area (Å²) in [6, 6.07) is 6.36. The molecule has 8 heteroatoms. The molecule has 0 spiro atoms. The zero-order valence-electron chi connectivity index (χ0n) is 11.6. The minimum atomic E-state index is -1.65. The first-order chi connectivity index (χ1) is 11.0. The van der Waals surface area contributed by atoms with Crippen molar-refractivity contribution < 1.29 is 32.2 Å². The average Bonchev–Trinajstić information content (AvgIpc) is 3.01. The van der Waals surface area contributed by atoms with Crippen molar-refractivity contribution in [3.63, 3.8) is 0 Å². The van der Waals surface area contributed by atoms with Gasteiger partial charge in [-0.25, -0.2) is 13.2 Å². The van der Waals surface area contributed by atoms with Crippen LogP contribution in [0.25, 0.3) is 0 Å². The van der Waals surface area contributed by atoms with Crippen LogP contribution < -0.4 is 19.5 Å². The summed E-state index contributed by atoms with van der Waals surface area (Å²) < 4.78 is 54.8. The summed E-state index contributed by atoms with van der Waals surface area (Å²) in [6.45, 7) is -0.341. The van der Waals surface area contributed by atoms with E-state index in [0.717, 1.165) is 6.07 Å². The standard InChI is InChI=1S/C15H10F3NO4/c16-9-2-3-10(15(18)14(9)17)19-13(20)6-21-8-1-4-11-12(5-8)23-7-22-11/h1-5H,6-7H2,(H,19,20). The zero-order valence-corrected chi connectivity index (χ0v) is 11.6. The minimum Gasteiger partial charge on any atom is -0.484 e. The van der Waals surface area contributed by atoms with Gasteiger partial charge < -0.3 is 19.5 Å². The van der Waals surface area contributed by atoms with Crippen molar-refractivity contribution in [2.75, 3.05) is 18.7 Å². The Labute approximate surface area is 128 Å². The molecule has 0 atom stereocenters. The van der Waals surface area contributed by atoms with E-state index in [1.807, 2.05) is 0 Å². The maximum atomic E-state index is 13.4. The van der Waals surface area contributed by atoms with E-state index >= 15 is 0 Å². The molecule has 23 heavy (non-hydrogen) atoms. The van der Waals surface area contributed by atoms with Gasteiger partial charge in [0.15, 0.2) is 35.6 Å². The Kier molecular flexibility index (Phi) is 3.96. The van der Waals surface area contributed by atoms with Crippen LogP contribution in [-0.4, -0.2) is 19.3 Å². The van der Waals surface area contributed by atoms with Crippen LogP contribution in [0.2, 0.25) is 0 Å². The number of amides is 1. The predicted molar refractivity (Wildman–Crippen MR) is 73.0 cm³/mol. The third-order valence-electron chi connectivity index (χ3n) is 3.02. The maximum absolute atomic E-state index is 13.4. The number of ether oxygens (including phenoxy) is 3. The Hall–Kier alpha value is -2.90. The fourth-order valence-corrected chi connectivity index (χ4v) is 1.92. The Morgan fingerprint density at radius 1 is 1.09 bits per heavy atom. The van der Waals surface area contributed by atoms with Gasteiger partial charge in [0, 0.05) is 6.07 Å². The third-order valence-corrected chi connectivity index (χ3v) is 3.02. The topological polar surface area (TPSA) is 56.8 Å². The van der Waals surface area contributed by atoms with Gasteiger partial charge in [-0.3, -0.25) is 4.79 Å². The Bertz CT molecular complexity index is 767. The molecule has 0 fully saturated rings. The Morgan fingerprint density at radius 2 is 1.87 bits per heavy atom. The van der Waals surface area contributed by atoms with Crippen LogP contribution in [0.15, 0.2) is 30.3 Å². The molecule has 0 radical (unpaired) electrons. The molecule has 1 aliphatic heterocycles. The number of hydrogen-bond donors (Lipinski definition) is 1. The smallest absolute Gasteiger partial charge is 0.262 e. The second-order valence-electron chi connectivity index (χ2n) is 4.57. The number of hydrogen-bond acceptors (Lipinski definition) is 4. The van der Waals surface area contributed by atoms with Gasteiger partial charge >= 0.3 is 0 Å². The SMILES string of the molecule is O=C(COc1ccc2c(c1)OCO2)Nc1ccc(F)c(F)c1F. The molecule has 2 aromatic carbocycles. The number of nitrogens with one attached hydrogen (secondary N) is 1. The van der Waals surface area contributed by atoms with Crippen molar-refractivity contribution in [1.29, 1.82) is 0 Å². The van der Waals surface area contributed by atoms with Crippen LogP contribution >= 0.6 is 0 Å². The average molecular weight is 325 g/mol. The zero-order chi connectivity index (χ0) is 16.4. The van der Waals surface area contributed by atoms with Gasteiger partial charge in [0.05, 0.1) is 5.69 Å². The number of carbonyl (C=O) groups is 1. The number of anilines is 1. The molecule has 0 unspecified atom stereocenters. The lowest BCUT2D eigenvalue weighted by Gasteiger charge is -2.09. The molecular weight excluding hydrogens is 315 g/mol. The fraction of sp³-hybridized carbons (Fsp3) is 0.133. The van der Waals surface area contributed by atoms with E-state index < -0.39 is 35.7 Å². The Morgan fingerprint density at radius 3 is 2.70 bits per heavy atom. The fourth-order valence-electron chi connectivity index (χ4n) is 1.92. The van der Waals surface area contributed by atoms with Gasteiger partial charge in [-0.2, -0.15) is 0 Å². The molecule has 0 bridgehead atoms. The van der Waals surface area contributed by atoms with Crippen LogP contribution in [0.5, 0.6) is 17.2 Å². The van der Waals surface area contributed by atoms with Crippen LogP contribution in [0, 0.1) is 17.5 Å². The molecule has 1 amide bonds. The summed E-state index contributed by atoms with van der Waals surface area (Å²) in [5.74, 6) is -3.80. The molecule has 0 saturated carbocycles. The van der Waals surface area contributed by atoms with Crippen molar-refractivity contribution in [2.24, 2.45) is 0 Å². The molecule has 5 nitrogen and oxygen atoms in total. The van der Waals surface area contributed by atoms with Crippen LogP contribution in [0.3, 0.4) is 0 Å². The number of benzene rings is 2. The lowest BCUT2D eigenvalue weighted by Crippen LogP contribution is -2.21. The molecule has 0 aliphatic carbocycles. The molecule has 0 aromatic heterocycles. The summed E-state index contributed by atoms with van der Waals surface area (Å²) >= 11 is 0. The molecule has 120 valence electrons. The number of carbonyl (C=O) groups excluding carboxylic acids is 1. The van der Waals surface area contributed by atoms with Gasteiger partial charge in [-0.15, -0.1) is 0 Å². The summed E-state index contributed by atoms with van der Waals surface area (Å²) in [7, 11) is 0. The Balaban J connectivity index is 1.61. The summed E-state index contributed by atoms with van der Waals surface area (Å²) in [5.41, 5.74) is -0.469. The highest BCUT2D eigenvalue weighted by Crippen LogP contribution is 2.35. The molecule has 0 saturated heterocycles. The van der Waals surface area contributed by atoms with E-state index in [-0.39, 0.29) is 6.79 Å². The van der Waals surface area contributed by atoms with Crippen molar-refractivity contribution in [3.05, 3.63) is 47.8 Å². The second-order valence-corrected chi connectivity index (χ2v) is 4.57. The monoisotopic (exact) mass is 325 g/mol. The predicted octanol–water partition coefficient (Wildman–Crippen LogP) is 2.85. The van der Waals surface area contributed by atoms with Gasteiger partial charge in [-0.1, -0.05) is 0 Å². The third kappa shape index (κ3) is 3.15. The van der Waals surface area contributed by atoms with Gasteiger partial charge in [0.1, 0.15) is 5.75 Å². The van der Waals surface area contributed by atoms with Crippen molar-refractivity contribution in [1.82, 2.24) is 0 Å². The number of rotatable bonds is 4. The molecule has 1 heterocycles. The van der Waals surface area contributed by atoms with E-state index in [2.05, 4.69) is 5.32 Å². The van der Waals surface area contributed by atoms with Gasteiger partial charge in [0.25, 0.3) is 5.91 Å². The number of fused-ring (bicyclic) bond motifs is 1. The van der Waals surface area contributed by atoms with Crippen molar-refractivity contribution in [3.8, 4) is 17.2 Å². The van der Waals surface area contributed by atoms with Crippen LogP contribution in [0.4, 0.5) is 18.9 Å². The normalized spacial score (nSPS) is 12.1. The summed E-state index contributed by atoms with van der Waals surface area (Å²) in [4.78, 5) is 11.7. The van der Waals surface area contributed by atoms with E-state index in [0.29, 0.717) is 23.3 Å². The highest BCUT2D eigenvalue weighted by molar-refractivity contribution is 5.92. The molecular formula is C15H10F3NO4. The van der Waals surface area contributed by atoms with Crippen LogP contribution in [-0.2, 0) is 4.79 Å². The highest BCUT2D eigenvalue weighted by atomic mass is 19.2. The first-order valence-electron chi connectivity index (χ1n) is 6.50. The van der Waals surface area contributed by atoms with E-state index in [1.54, 1.807) is 12.1 Å². The quantitative estimate of drug-likeness (QED) is 0.878. The lowest BCUT2D eigenvalue weighted by atomic mass is 10.2. The molecule has 3 rings (SSSR count). The molecule has 1 aliphatic rings. The highest BCUT2D eigenvalue weighted by Gasteiger charge is 2.16.